The van der Waals surface area contributed by atoms with E-state index in [9.17, 15) is 23.1 Å². The van der Waals surface area contributed by atoms with E-state index in [2.05, 4.69) is 5.32 Å². The Bertz CT molecular complexity index is 503. The summed E-state index contributed by atoms with van der Waals surface area (Å²) in [7, 11) is 0. The van der Waals surface area contributed by atoms with E-state index < -0.39 is 23.6 Å². The summed E-state index contributed by atoms with van der Waals surface area (Å²) in [6, 6.07) is 7.16. The third kappa shape index (κ3) is 3.49. The van der Waals surface area contributed by atoms with Crippen LogP contribution in [0.15, 0.2) is 24.3 Å². The normalized spacial score (nSPS) is 26.4. The number of aliphatic carboxylic acids is 1. The molecular weight excluding hydrogens is 283 g/mol. The van der Waals surface area contributed by atoms with Crippen LogP contribution in [-0.2, 0) is 4.79 Å². The van der Waals surface area contributed by atoms with Crippen LogP contribution in [0.5, 0.6) is 0 Å². The van der Waals surface area contributed by atoms with Crippen LogP contribution < -0.4 is 5.32 Å². The molecule has 3 nitrogen and oxygen atoms in total. The molecule has 2 rings (SSSR count). The molecule has 1 aliphatic rings. The van der Waals surface area contributed by atoms with Gasteiger partial charge in [0.1, 0.15) is 5.54 Å². The first kappa shape index (κ1) is 15.7. The Kier molecular flexibility index (Phi) is 4.16. The zero-order chi connectivity index (χ0) is 15.7. The zero-order valence-corrected chi connectivity index (χ0v) is 11.7. The number of anilines is 1. The van der Waals surface area contributed by atoms with E-state index in [4.69, 9.17) is 0 Å². The van der Waals surface area contributed by atoms with Crippen molar-refractivity contribution in [2.75, 3.05) is 5.32 Å². The van der Waals surface area contributed by atoms with Crippen molar-refractivity contribution in [2.45, 2.75) is 44.3 Å². The molecule has 2 N–H and O–H groups in total. The molecule has 0 spiro atoms. The first-order valence-electron chi connectivity index (χ1n) is 6.88. The van der Waals surface area contributed by atoms with Crippen molar-refractivity contribution in [3.8, 4) is 0 Å². The van der Waals surface area contributed by atoms with Crippen molar-refractivity contribution in [1.82, 2.24) is 0 Å². The SMILES string of the molecule is Cc1ccc(NC2(C(=O)O)CCC(C(F)(F)F)CC2)cc1. The van der Waals surface area contributed by atoms with Gasteiger partial charge in [0.2, 0.25) is 0 Å². The maximum atomic E-state index is 12.7. The lowest BCUT2D eigenvalue weighted by molar-refractivity contribution is -0.186. The lowest BCUT2D eigenvalue weighted by Crippen LogP contribution is -2.50. The summed E-state index contributed by atoms with van der Waals surface area (Å²) in [6.07, 6.45) is -4.61. The molecule has 0 radical (unpaired) electrons. The van der Waals surface area contributed by atoms with Gasteiger partial charge in [-0.2, -0.15) is 13.2 Å². The van der Waals surface area contributed by atoms with Gasteiger partial charge in [-0.05, 0) is 44.7 Å². The third-order valence-corrected chi connectivity index (χ3v) is 4.15. The molecule has 1 fully saturated rings. The van der Waals surface area contributed by atoms with E-state index in [1.807, 2.05) is 19.1 Å². The predicted molar refractivity (Wildman–Crippen MR) is 73.2 cm³/mol. The fraction of sp³-hybridized carbons (Fsp3) is 0.533. The molecule has 0 atom stereocenters. The number of rotatable bonds is 3. The van der Waals surface area contributed by atoms with E-state index in [-0.39, 0.29) is 25.7 Å². The Hall–Kier alpha value is -1.72. The smallest absolute Gasteiger partial charge is 0.391 e. The van der Waals surface area contributed by atoms with Gasteiger partial charge in [-0.25, -0.2) is 4.79 Å². The zero-order valence-electron chi connectivity index (χ0n) is 11.7. The number of halogens is 3. The van der Waals surface area contributed by atoms with E-state index in [1.54, 1.807) is 12.1 Å². The second kappa shape index (κ2) is 5.58. The number of carboxylic acids is 1. The van der Waals surface area contributed by atoms with Crippen molar-refractivity contribution in [3.63, 3.8) is 0 Å². The number of carbonyl (C=O) groups is 1. The summed E-state index contributed by atoms with van der Waals surface area (Å²) in [5.74, 6) is -2.49. The first-order chi connectivity index (χ1) is 9.73. The molecule has 0 amide bonds. The molecule has 0 saturated heterocycles. The fourth-order valence-electron chi connectivity index (χ4n) is 2.74. The van der Waals surface area contributed by atoms with Crippen molar-refractivity contribution in [2.24, 2.45) is 5.92 Å². The number of aryl methyl sites for hydroxylation is 1. The Morgan fingerprint density at radius 1 is 1.24 bits per heavy atom. The highest BCUT2D eigenvalue weighted by Gasteiger charge is 2.49. The number of alkyl halides is 3. The summed E-state index contributed by atoms with van der Waals surface area (Å²) in [4.78, 5) is 11.6. The van der Waals surface area contributed by atoms with Crippen molar-refractivity contribution in [1.29, 1.82) is 0 Å². The lowest BCUT2D eigenvalue weighted by atomic mass is 9.76. The highest BCUT2D eigenvalue weighted by Crippen LogP contribution is 2.42. The first-order valence-corrected chi connectivity index (χ1v) is 6.88. The minimum absolute atomic E-state index is 0.0274. The van der Waals surface area contributed by atoms with E-state index >= 15 is 0 Å². The van der Waals surface area contributed by atoms with Crippen molar-refractivity contribution in [3.05, 3.63) is 29.8 Å². The van der Waals surface area contributed by atoms with Gasteiger partial charge in [0.25, 0.3) is 0 Å². The monoisotopic (exact) mass is 301 g/mol. The molecule has 0 aromatic heterocycles. The van der Waals surface area contributed by atoms with Crippen molar-refractivity contribution >= 4 is 11.7 Å². The molecule has 1 saturated carbocycles. The number of hydrogen-bond donors (Lipinski definition) is 2. The molecule has 0 bridgehead atoms. The van der Waals surface area contributed by atoms with Crippen LogP contribution in [0.1, 0.15) is 31.2 Å². The van der Waals surface area contributed by atoms with Gasteiger partial charge >= 0.3 is 12.1 Å². The van der Waals surface area contributed by atoms with Crippen LogP contribution in [0.4, 0.5) is 18.9 Å². The maximum absolute atomic E-state index is 12.7. The molecule has 1 aliphatic carbocycles. The second-order valence-electron chi connectivity index (χ2n) is 5.69. The Morgan fingerprint density at radius 3 is 2.19 bits per heavy atom. The Labute approximate surface area is 121 Å². The third-order valence-electron chi connectivity index (χ3n) is 4.15. The quantitative estimate of drug-likeness (QED) is 0.887. The molecule has 6 heteroatoms. The van der Waals surface area contributed by atoms with Gasteiger partial charge in [-0.3, -0.25) is 0 Å². The number of hydrogen-bond acceptors (Lipinski definition) is 2. The summed E-state index contributed by atoms with van der Waals surface area (Å²) in [6.45, 7) is 1.91. The van der Waals surface area contributed by atoms with Crippen LogP contribution >= 0.6 is 0 Å². The number of benzene rings is 1. The van der Waals surface area contributed by atoms with Gasteiger partial charge in [0, 0.05) is 5.69 Å². The fourth-order valence-corrected chi connectivity index (χ4v) is 2.74. The molecule has 0 heterocycles. The van der Waals surface area contributed by atoms with E-state index in [0.29, 0.717) is 5.69 Å². The molecule has 21 heavy (non-hydrogen) atoms. The average molecular weight is 301 g/mol. The molecular formula is C15H18F3NO2. The van der Waals surface area contributed by atoms with Gasteiger partial charge in [0.15, 0.2) is 0 Å². The topological polar surface area (TPSA) is 49.3 Å². The van der Waals surface area contributed by atoms with Crippen LogP contribution in [-0.4, -0.2) is 22.8 Å². The molecule has 1 aromatic carbocycles. The van der Waals surface area contributed by atoms with Crippen LogP contribution in [0.2, 0.25) is 0 Å². The molecule has 116 valence electrons. The summed E-state index contributed by atoms with van der Waals surface area (Å²) in [5, 5.41) is 12.4. The lowest BCUT2D eigenvalue weighted by Gasteiger charge is -2.38. The highest BCUT2D eigenvalue weighted by molar-refractivity contribution is 5.83. The van der Waals surface area contributed by atoms with Crippen LogP contribution in [0.25, 0.3) is 0 Å². The highest BCUT2D eigenvalue weighted by atomic mass is 19.4. The van der Waals surface area contributed by atoms with E-state index in [0.717, 1.165) is 5.56 Å². The number of carboxylic acid groups (broad SMARTS) is 1. The van der Waals surface area contributed by atoms with Crippen LogP contribution in [0.3, 0.4) is 0 Å². The average Bonchev–Trinajstić information content (AvgIpc) is 2.41. The van der Waals surface area contributed by atoms with Crippen molar-refractivity contribution < 1.29 is 23.1 Å². The summed E-state index contributed by atoms with van der Waals surface area (Å²) in [5.41, 5.74) is 0.343. The maximum Gasteiger partial charge on any atom is 0.391 e. The summed E-state index contributed by atoms with van der Waals surface area (Å²) >= 11 is 0. The van der Waals surface area contributed by atoms with Crippen LogP contribution in [0, 0.1) is 12.8 Å². The minimum Gasteiger partial charge on any atom is -0.480 e. The van der Waals surface area contributed by atoms with Gasteiger partial charge in [-0.15, -0.1) is 0 Å². The Balaban J connectivity index is 2.13. The molecule has 0 unspecified atom stereocenters. The van der Waals surface area contributed by atoms with Gasteiger partial charge < -0.3 is 10.4 Å². The van der Waals surface area contributed by atoms with Gasteiger partial charge in [-0.1, -0.05) is 17.7 Å². The predicted octanol–water partition coefficient (Wildman–Crippen LogP) is 3.98. The molecule has 0 aliphatic heterocycles. The second-order valence-corrected chi connectivity index (χ2v) is 5.69. The van der Waals surface area contributed by atoms with Gasteiger partial charge in [0.05, 0.1) is 5.92 Å². The minimum atomic E-state index is -4.24. The largest absolute Gasteiger partial charge is 0.480 e. The number of nitrogens with one attached hydrogen (secondary N) is 1. The molecule has 1 aromatic rings. The summed E-state index contributed by atoms with van der Waals surface area (Å²) < 4.78 is 38.1. The standard InChI is InChI=1S/C15H18F3NO2/c1-10-2-4-12(5-3-10)19-14(13(20)21)8-6-11(7-9-14)15(16,17)18/h2-5,11,19H,6-9H2,1H3,(H,20,21). The van der Waals surface area contributed by atoms with E-state index in [1.165, 1.54) is 0 Å². The Morgan fingerprint density at radius 2 is 1.76 bits per heavy atom.